The van der Waals surface area contributed by atoms with E-state index in [1.165, 1.54) is 54.6 Å². The summed E-state index contributed by atoms with van der Waals surface area (Å²) < 4.78 is 46.1. The van der Waals surface area contributed by atoms with E-state index in [0.717, 1.165) is 6.07 Å². The Balaban J connectivity index is 1.66. The van der Waals surface area contributed by atoms with Gasteiger partial charge in [0.2, 0.25) is 15.9 Å². The largest absolute Gasteiger partial charge is 0.449 e. The second kappa shape index (κ2) is 10.3. The van der Waals surface area contributed by atoms with Crippen molar-refractivity contribution in [1.82, 2.24) is 9.21 Å². The molecule has 3 rings (SSSR count). The van der Waals surface area contributed by atoms with Gasteiger partial charge in [0.05, 0.1) is 10.5 Å². The number of nitrogens with zero attached hydrogens (tertiary/aromatic N) is 2. The van der Waals surface area contributed by atoms with E-state index in [1.54, 1.807) is 11.8 Å². The van der Waals surface area contributed by atoms with Crippen molar-refractivity contribution in [2.45, 2.75) is 31.8 Å². The summed E-state index contributed by atoms with van der Waals surface area (Å²) in [7, 11) is -3.89. The van der Waals surface area contributed by atoms with Crippen molar-refractivity contribution in [3.63, 3.8) is 0 Å². The molecule has 1 aliphatic heterocycles. The summed E-state index contributed by atoms with van der Waals surface area (Å²) in [5, 5.41) is 2.47. The van der Waals surface area contributed by atoms with Crippen LogP contribution in [0, 0.1) is 12.7 Å². The van der Waals surface area contributed by atoms with Crippen molar-refractivity contribution in [2.24, 2.45) is 0 Å². The zero-order valence-corrected chi connectivity index (χ0v) is 19.9. The molecule has 1 atom stereocenters. The van der Waals surface area contributed by atoms with Crippen molar-refractivity contribution < 1.29 is 31.9 Å². The van der Waals surface area contributed by atoms with Crippen molar-refractivity contribution in [3.8, 4) is 0 Å². The zero-order valence-electron chi connectivity index (χ0n) is 19.1. The quantitative estimate of drug-likeness (QED) is 0.620. The molecular formula is C23H26FN3O6S. The van der Waals surface area contributed by atoms with E-state index in [9.17, 15) is 27.2 Å². The molecule has 1 unspecified atom stereocenters. The molecule has 0 aromatic heterocycles. The Morgan fingerprint density at radius 2 is 1.74 bits per heavy atom. The van der Waals surface area contributed by atoms with Gasteiger partial charge in [-0.3, -0.25) is 9.59 Å². The Morgan fingerprint density at radius 3 is 2.35 bits per heavy atom. The lowest BCUT2D eigenvalue weighted by Crippen LogP contribution is -2.49. The average Bonchev–Trinajstić information content (AvgIpc) is 2.81. The molecule has 2 aromatic carbocycles. The number of anilines is 1. The van der Waals surface area contributed by atoms with E-state index >= 15 is 0 Å². The van der Waals surface area contributed by atoms with Crippen LogP contribution in [-0.4, -0.2) is 67.7 Å². The number of piperazine rings is 1. The van der Waals surface area contributed by atoms with Gasteiger partial charge >= 0.3 is 5.97 Å². The molecule has 9 nitrogen and oxygen atoms in total. The summed E-state index contributed by atoms with van der Waals surface area (Å²) >= 11 is 0. The third kappa shape index (κ3) is 5.78. The Bertz CT molecular complexity index is 1210. The molecule has 1 fully saturated rings. The summed E-state index contributed by atoms with van der Waals surface area (Å²) in [4.78, 5) is 37.9. The Morgan fingerprint density at radius 1 is 1.06 bits per heavy atom. The number of hydrogen-bond acceptors (Lipinski definition) is 6. The molecule has 0 radical (unpaired) electrons. The molecule has 2 amide bonds. The van der Waals surface area contributed by atoms with Crippen LogP contribution in [0.25, 0.3) is 0 Å². The highest BCUT2D eigenvalue weighted by atomic mass is 32.2. The van der Waals surface area contributed by atoms with E-state index in [-0.39, 0.29) is 48.2 Å². The lowest BCUT2D eigenvalue weighted by Gasteiger charge is -2.33. The number of sulfonamides is 1. The SMILES string of the molecule is CC(=O)N1CCN(S(=O)(=O)c2cccc(C(=O)OC(C)C(=O)Nc3ccc(C)c(F)c3)c2)CC1. The molecule has 182 valence electrons. The predicted molar refractivity (Wildman–Crippen MR) is 122 cm³/mol. The number of nitrogens with one attached hydrogen (secondary N) is 1. The second-order valence-electron chi connectivity index (χ2n) is 7.94. The topological polar surface area (TPSA) is 113 Å². The maximum Gasteiger partial charge on any atom is 0.338 e. The number of carbonyl (C=O) groups is 3. The fourth-order valence-electron chi connectivity index (χ4n) is 3.37. The van der Waals surface area contributed by atoms with Crippen molar-refractivity contribution in [1.29, 1.82) is 0 Å². The standard InChI is InChI=1S/C23H26FN3O6S/c1-15-7-8-19(14-21(15)24)25-22(29)16(2)33-23(30)18-5-4-6-20(13-18)34(31,32)27-11-9-26(10-12-27)17(3)28/h4-8,13-14,16H,9-12H2,1-3H3,(H,25,29). The number of carbonyl (C=O) groups excluding carboxylic acids is 3. The predicted octanol–water partition coefficient (Wildman–Crippen LogP) is 2.17. The smallest absolute Gasteiger partial charge is 0.338 e. The van der Waals surface area contributed by atoms with Gasteiger partial charge in [-0.05, 0) is 49.7 Å². The molecule has 1 aliphatic rings. The molecule has 0 saturated carbocycles. The van der Waals surface area contributed by atoms with Crippen LogP contribution in [0.3, 0.4) is 0 Å². The molecule has 1 heterocycles. The number of esters is 1. The average molecular weight is 492 g/mol. The highest BCUT2D eigenvalue weighted by Gasteiger charge is 2.30. The summed E-state index contributed by atoms with van der Waals surface area (Å²) in [5.74, 6) is -2.14. The van der Waals surface area contributed by atoms with Crippen LogP contribution in [0.1, 0.15) is 29.8 Å². The molecule has 2 aromatic rings. The fourth-order valence-corrected chi connectivity index (χ4v) is 4.84. The van der Waals surface area contributed by atoms with Crippen LogP contribution in [0.2, 0.25) is 0 Å². The molecule has 34 heavy (non-hydrogen) atoms. The maximum atomic E-state index is 13.7. The van der Waals surface area contributed by atoms with E-state index < -0.39 is 33.8 Å². The monoisotopic (exact) mass is 491 g/mol. The van der Waals surface area contributed by atoms with Crippen molar-refractivity contribution >= 4 is 33.5 Å². The van der Waals surface area contributed by atoms with E-state index in [1.807, 2.05) is 0 Å². The molecule has 1 saturated heterocycles. The summed E-state index contributed by atoms with van der Waals surface area (Å²) in [6, 6.07) is 9.54. The normalized spacial score (nSPS) is 15.5. The number of aryl methyl sites for hydroxylation is 1. The molecule has 0 bridgehead atoms. The maximum absolute atomic E-state index is 13.7. The van der Waals surface area contributed by atoms with E-state index in [4.69, 9.17) is 4.74 Å². The van der Waals surface area contributed by atoms with Gasteiger partial charge < -0.3 is 15.0 Å². The van der Waals surface area contributed by atoms with Gasteiger partial charge in [-0.2, -0.15) is 4.31 Å². The fraction of sp³-hybridized carbons (Fsp3) is 0.348. The minimum Gasteiger partial charge on any atom is -0.449 e. The number of rotatable bonds is 6. The third-order valence-electron chi connectivity index (χ3n) is 5.48. The Labute approximate surface area is 197 Å². The Hall–Kier alpha value is -3.31. The lowest BCUT2D eigenvalue weighted by molar-refractivity contribution is -0.130. The van der Waals surface area contributed by atoms with Crippen LogP contribution >= 0.6 is 0 Å². The van der Waals surface area contributed by atoms with Crippen LogP contribution in [0.4, 0.5) is 10.1 Å². The molecule has 0 aliphatic carbocycles. The van der Waals surface area contributed by atoms with E-state index in [0.29, 0.717) is 5.56 Å². The van der Waals surface area contributed by atoms with Crippen LogP contribution in [0.15, 0.2) is 47.4 Å². The van der Waals surface area contributed by atoms with Gasteiger partial charge in [0.25, 0.3) is 5.91 Å². The zero-order chi connectivity index (χ0) is 25.0. The minimum atomic E-state index is -3.89. The van der Waals surface area contributed by atoms with Crippen LogP contribution in [-0.2, 0) is 24.3 Å². The van der Waals surface area contributed by atoms with E-state index in [2.05, 4.69) is 5.32 Å². The number of hydrogen-bond donors (Lipinski definition) is 1. The molecule has 0 spiro atoms. The number of amides is 2. The third-order valence-corrected chi connectivity index (χ3v) is 7.38. The highest BCUT2D eigenvalue weighted by molar-refractivity contribution is 7.89. The summed E-state index contributed by atoms with van der Waals surface area (Å²) in [5.41, 5.74) is 0.603. The van der Waals surface area contributed by atoms with Gasteiger partial charge in [-0.15, -0.1) is 0 Å². The van der Waals surface area contributed by atoms with Gasteiger partial charge in [0.15, 0.2) is 6.10 Å². The number of halogens is 1. The van der Waals surface area contributed by atoms with Crippen molar-refractivity contribution in [3.05, 3.63) is 59.4 Å². The lowest BCUT2D eigenvalue weighted by atomic mass is 10.2. The van der Waals surface area contributed by atoms with Gasteiger partial charge in [0, 0.05) is 38.8 Å². The second-order valence-corrected chi connectivity index (χ2v) is 9.88. The number of ether oxygens (including phenoxy) is 1. The van der Waals surface area contributed by atoms with Gasteiger partial charge in [-0.1, -0.05) is 12.1 Å². The first kappa shape index (κ1) is 25.3. The molecular weight excluding hydrogens is 465 g/mol. The van der Waals surface area contributed by atoms with Gasteiger partial charge in [0.1, 0.15) is 5.82 Å². The first-order chi connectivity index (χ1) is 16.0. The molecule has 11 heteroatoms. The summed E-state index contributed by atoms with van der Waals surface area (Å²) in [6.45, 7) is 5.24. The first-order valence-electron chi connectivity index (χ1n) is 10.6. The van der Waals surface area contributed by atoms with Gasteiger partial charge in [-0.25, -0.2) is 17.6 Å². The minimum absolute atomic E-state index is 0.0375. The highest BCUT2D eigenvalue weighted by Crippen LogP contribution is 2.20. The first-order valence-corrected chi connectivity index (χ1v) is 12.1. The molecule has 1 N–H and O–H groups in total. The van der Waals surface area contributed by atoms with Crippen LogP contribution in [0.5, 0.6) is 0 Å². The Kier molecular flexibility index (Phi) is 7.68. The summed E-state index contributed by atoms with van der Waals surface area (Å²) in [6.07, 6.45) is -1.21. The van der Waals surface area contributed by atoms with Crippen molar-refractivity contribution in [2.75, 3.05) is 31.5 Å². The number of benzene rings is 2. The van der Waals surface area contributed by atoms with Crippen LogP contribution < -0.4 is 5.32 Å².